The van der Waals surface area contributed by atoms with Crippen LogP contribution in [0.25, 0.3) is 0 Å². The van der Waals surface area contributed by atoms with Crippen molar-refractivity contribution in [1.29, 1.82) is 0 Å². The highest BCUT2D eigenvalue weighted by molar-refractivity contribution is 6.74. The Kier molecular flexibility index (Phi) is 5.79. The van der Waals surface area contributed by atoms with Crippen molar-refractivity contribution in [2.45, 2.75) is 50.9 Å². The van der Waals surface area contributed by atoms with E-state index in [-0.39, 0.29) is 10.7 Å². The average Bonchev–Trinajstić information content (AvgIpc) is 2.96. The monoisotopic (exact) mass is 445 g/mol. The minimum atomic E-state index is -2.39. The summed E-state index contributed by atoms with van der Waals surface area (Å²) in [5.74, 6) is -3.23. The van der Waals surface area contributed by atoms with Gasteiger partial charge < -0.3 is 9.74 Å². The van der Waals surface area contributed by atoms with Crippen LogP contribution >= 0.6 is 0 Å². The van der Waals surface area contributed by atoms with Gasteiger partial charge in [-0.25, -0.2) is 0 Å². The Hall–Kier alpha value is -3.01. The van der Waals surface area contributed by atoms with E-state index < -0.39 is 48.9 Å². The SMILES string of the molecule is CC(C)(C)[Si](C)(C)OC1=C[C@H](c2ccccc2[N+](=O)[O-])[C@@H]2C(=O)NC(=O)[C@@H]2[C@@H]1NC=O. The highest BCUT2D eigenvalue weighted by atomic mass is 28.4. The van der Waals surface area contributed by atoms with E-state index >= 15 is 0 Å². The van der Waals surface area contributed by atoms with Crippen molar-refractivity contribution < 1.29 is 23.7 Å². The molecule has 3 rings (SSSR count). The van der Waals surface area contributed by atoms with E-state index in [1.165, 1.54) is 6.07 Å². The number of hydrogen-bond acceptors (Lipinski definition) is 6. The molecule has 166 valence electrons. The summed E-state index contributed by atoms with van der Waals surface area (Å²) in [5.41, 5.74) is 0.191. The molecule has 0 spiro atoms. The third-order valence-electron chi connectivity index (χ3n) is 6.55. The van der Waals surface area contributed by atoms with Crippen LogP contribution in [0.3, 0.4) is 0 Å². The van der Waals surface area contributed by atoms with Crippen LogP contribution in [0, 0.1) is 22.0 Å². The fraction of sp³-hybridized carbons (Fsp3) is 0.476. The lowest BCUT2D eigenvalue weighted by atomic mass is 9.71. The first-order chi connectivity index (χ1) is 14.4. The molecule has 9 nitrogen and oxygen atoms in total. The van der Waals surface area contributed by atoms with Gasteiger partial charge in [-0.1, -0.05) is 39.0 Å². The van der Waals surface area contributed by atoms with E-state index in [4.69, 9.17) is 4.43 Å². The second kappa shape index (κ2) is 7.91. The van der Waals surface area contributed by atoms with Crippen LogP contribution in [0.4, 0.5) is 5.69 Å². The molecule has 31 heavy (non-hydrogen) atoms. The second-order valence-electron chi connectivity index (χ2n) is 9.44. The second-order valence-corrected chi connectivity index (χ2v) is 14.2. The molecule has 0 aromatic heterocycles. The minimum Gasteiger partial charge on any atom is -0.545 e. The van der Waals surface area contributed by atoms with Gasteiger partial charge in [0.15, 0.2) is 0 Å². The standard InChI is InChI=1S/C21H27N3O6Si/c1-21(2,3)31(4,5)30-15-10-13(12-8-6-7-9-14(12)24(28)29)16-17(18(15)22-11-25)20(27)23-19(16)26/h6-11,13,16-18H,1-5H3,(H,22,25)(H,23,26,27)/t13-,16+,17+,18-/m1/s1. The van der Waals surface area contributed by atoms with Crippen LogP contribution in [0.1, 0.15) is 32.3 Å². The third kappa shape index (κ3) is 3.99. The molecule has 4 atom stereocenters. The number of fused-ring (bicyclic) bond motifs is 1. The van der Waals surface area contributed by atoms with Gasteiger partial charge in [0.05, 0.1) is 28.6 Å². The predicted molar refractivity (Wildman–Crippen MR) is 115 cm³/mol. The lowest BCUT2D eigenvalue weighted by Crippen LogP contribution is -2.51. The molecule has 1 aliphatic carbocycles. The van der Waals surface area contributed by atoms with Gasteiger partial charge in [0.1, 0.15) is 0 Å². The molecular formula is C21H27N3O6Si. The van der Waals surface area contributed by atoms with E-state index in [1.807, 2.05) is 13.1 Å². The number of carbonyl (C=O) groups excluding carboxylic acids is 3. The van der Waals surface area contributed by atoms with E-state index in [0.717, 1.165) is 0 Å². The van der Waals surface area contributed by atoms with Crippen LogP contribution in [0.2, 0.25) is 18.1 Å². The summed E-state index contributed by atoms with van der Waals surface area (Å²) in [6.45, 7) is 10.2. The summed E-state index contributed by atoms with van der Waals surface area (Å²) in [6, 6.07) is 5.34. The average molecular weight is 446 g/mol. The predicted octanol–water partition coefficient (Wildman–Crippen LogP) is 2.60. The molecule has 10 heteroatoms. The Balaban J connectivity index is 2.20. The zero-order valence-corrected chi connectivity index (χ0v) is 19.2. The molecule has 3 amide bonds. The van der Waals surface area contributed by atoms with E-state index in [9.17, 15) is 24.5 Å². The van der Waals surface area contributed by atoms with Gasteiger partial charge in [0, 0.05) is 17.5 Å². The number of para-hydroxylation sites is 1. The van der Waals surface area contributed by atoms with Crippen LogP contribution in [0.5, 0.6) is 0 Å². The molecular weight excluding hydrogens is 418 g/mol. The van der Waals surface area contributed by atoms with Crippen LogP contribution in [0.15, 0.2) is 36.1 Å². The molecule has 2 N–H and O–H groups in total. The number of amides is 3. The number of imide groups is 1. The zero-order chi connectivity index (χ0) is 23.1. The number of carbonyl (C=O) groups is 3. The smallest absolute Gasteiger partial charge is 0.273 e. The maximum Gasteiger partial charge on any atom is 0.273 e. The van der Waals surface area contributed by atoms with Crippen molar-refractivity contribution in [3.8, 4) is 0 Å². The summed E-state index contributed by atoms with van der Waals surface area (Å²) in [6.07, 6.45) is 2.15. The molecule has 1 fully saturated rings. The normalized spacial score (nSPS) is 25.9. The van der Waals surface area contributed by atoms with Gasteiger partial charge in [-0.3, -0.25) is 29.8 Å². The lowest BCUT2D eigenvalue weighted by molar-refractivity contribution is -0.385. The fourth-order valence-corrected chi connectivity index (χ4v) is 5.03. The van der Waals surface area contributed by atoms with Crippen molar-refractivity contribution >= 4 is 32.2 Å². The van der Waals surface area contributed by atoms with Gasteiger partial charge in [0.2, 0.25) is 26.5 Å². The Morgan fingerprint density at radius 3 is 2.35 bits per heavy atom. The third-order valence-corrected chi connectivity index (χ3v) is 10.9. The van der Waals surface area contributed by atoms with Gasteiger partial charge in [-0.15, -0.1) is 0 Å². The summed E-state index contributed by atoms with van der Waals surface area (Å²) in [5, 5.41) is 16.4. The number of nitrogens with zero attached hydrogens (tertiary/aromatic N) is 1. The molecule has 1 saturated heterocycles. The quantitative estimate of drug-likeness (QED) is 0.228. The van der Waals surface area contributed by atoms with Crippen molar-refractivity contribution in [2.24, 2.45) is 11.8 Å². The van der Waals surface area contributed by atoms with Gasteiger partial charge in [-0.2, -0.15) is 0 Å². The first kappa shape index (κ1) is 22.7. The van der Waals surface area contributed by atoms with Crippen molar-refractivity contribution in [3.63, 3.8) is 0 Å². The van der Waals surface area contributed by atoms with Crippen molar-refractivity contribution in [3.05, 3.63) is 51.8 Å². The highest BCUT2D eigenvalue weighted by Gasteiger charge is 2.55. The topological polar surface area (TPSA) is 128 Å². The summed E-state index contributed by atoms with van der Waals surface area (Å²) in [4.78, 5) is 47.9. The Bertz CT molecular complexity index is 968. The van der Waals surface area contributed by atoms with Gasteiger partial charge >= 0.3 is 0 Å². The number of nitro benzene ring substituents is 1. The number of benzene rings is 1. The number of allylic oxidation sites excluding steroid dienone is 1. The number of nitro groups is 1. The Labute approximate surface area is 181 Å². The molecule has 2 aliphatic rings. The molecule has 0 radical (unpaired) electrons. The first-order valence-electron chi connectivity index (χ1n) is 10.1. The van der Waals surface area contributed by atoms with E-state index in [0.29, 0.717) is 17.7 Å². The maximum atomic E-state index is 12.7. The van der Waals surface area contributed by atoms with Crippen LogP contribution < -0.4 is 10.6 Å². The molecule has 0 saturated carbocycles. The highest BCUT2D eigenvalue weighted by Crippen LogP contribution is 2.47. The molecule has 1 heterocycles. The van der Waals surface area contributed by atoms with Crippen LogP contribution in [-0.2, 0) is 18.8 Å². The van der Waals surface area contributed by atoms with Gasteiger partial charge in [-0.05, 0) is 24.2 Å². The minimum absolute atomic E-state index is 0.136. The molecule has 1 aromatic rings. The van der Waals surface area contributed by atoms with Gasteiger partial charge in [0.25, 0.3) is 5.69 Å². The molecule has 0 bridgehead atoms. The zero-order valence-electron chi connectivity index (χ0n) is 18.2. The summed E-state index contributed by atoms with van der Waals surface area (Å²) in [7, 11) is -2.39. The largest absolute Gasteiger partial charge is 0.545 e. The summed E-state index contributed by atoms with van der Waals surface area (Å²) >= 11 is 0. The van der Waals surface area contributed by atoms with Crippen LogP contribution in [-0.4, -0.2) is 37.5 Å². The Morgan fingerprint density at radius 2 is 1.77 bits per heavy atom. The Morgan fingerprint density at radius 1 is 1.16 bits per heavy atom. The number of nitrogens with one attached hydrogen (secondary N) is 2. The number of rotatable bonds is 6. The van der Waals surface area contributed by atoms with E-state index in [2.05, 4.69) is 31.4 Å². The summed E-state index contributed by atoms with van der Waals surface area (Å²) < 4.78 is 6.47. The van der Waals surface area contributed by atoms with Crippen molar-refractivity contribution in [1.82, 2.24) is 10.6 Å². The lowest BCUT2D eigenvalue weighted by Gasteiger charge is -2.42. The molecule has 1 aliphatic heterocycles. The number of hydrogen-bond donors (Lipinski definition) is 2. The molecule has 0 unspecified atom stereocenters. The maximum absolute atomic E-state index is 12.7. The van der Waals surface area contributed by atoms with E-state index in [1.54, 1.807) is 24.3 Å². The van der Waals surface area contributed by atoms with Crippen molar-refractivity contribution in [2.75, 3.05) is 0 Å². The fourth-order valence-electron chi connectivity index (χ4n) is 3.94. The molecule has 1 aromatic carbocycles. The first-order valence-corrected chi connectivity index (χ1v) is 13.0.